The zero-order chi connectivity index (χ0) is 15.7. The van der Waals surface area contributed by atoms with Crippen molar-refractivity contribution in [2.75, 3.05) is 6.61 Å². The minimum absolute atomic E-state index is 0.118. The summed E-state index contributed by atoms with van der Waals surface area (Å²) in [4.78, 5) is 12.3. The van der Waals surface area contributed by atoms with Crippen LogP contribution in [0.25, 0.3) is 5.69 Å². The number of aliphatic hydroxyl groups is 1. The fraction of sp³-hybridized carbons (Fsp3) is 0.353. The monoisotopic (exact) mass is 302 g/mol. The van der Waals surface area contributed by atoms with Crippen LogP contribution in [0.2, 0.25) is 0 Å². The lowest BCUT2D eigenvalue weighted by molar-refractivity contribution is 0.0824. The molecule has 3 rings (SSSR count). The van der Waals surface area contributed by atoms with Gasteiger partial charge in [-0.25, -0.2) is 4.39 Å². The van der Waals surface area contributed by atoms with Crippen molar-refractivity contribution in [3.63, 3.8) is 0 Å². The van der Waals surface area contributed by atoms with Gasteiger partial charge in [0.05, 0.1) is 17.8 Å². The van der Waals surface area contributed by atoms with Crippen molar-refractivity contribution in [2.24, 2.45) is 5.92 Å². The summed E-state index contributed by atoms with van der Waals surface area (Å²) in [6.45, 7) is 1.71. The molecule has 1 fully saturated rings. The molecule has 22 heavy (non-hydrogen) atoms. The van der Waals surface area contributed by atoms with Gasteiger partial charge in [-0.2, -0.15) is 0 Å². The minimum Gasteiger partial charge on any atom is -0.394 e. The van der Waals surface area contributed by atoms with Crippen molar-refractivity contribution in [2.45, 2.75) is 25.3 Å². The number of rotatable bonds is 5. The number of benzene rings is 1. The summed E-state index contributed by atoms with van der Waals surface area (Å²) >= 11 is 0. The number of amides is 1. The Bertz CT molecular complexity index is 680. The summed E-state index contributed by atoms with van der Waals surface area (Å²) in [6.07, 6.45) is 5.48. The molecule has 1 aliphatic rings. The first-order chi connectivity index (χ1) is 10.5. The second-order valence-electron chi connectivity index (χ2n) is 6.06. The molecule has 2 N–H and O–H groups in total. The first-order valence-electron chi connectivity index (χ1n) is 7.40. The van der Waals surface area contributed by atoms with Crippen LogP contribution in [0.3, 0.4) is 0 Å². The smallest absolute Gasteiger partial charge is 0.251 e. The maximum absolute atomic E-state index is 14.2. The van der Waals surface area contributed by atoms with E-state index in [1.807, 2.05) is 19.1 Å². The lowest BCUT2D eigenvalue weighted by Crippen LogP contribution is -2.50. The second kappa shape index (κ2) is 5.57. The van der Waals surface area contributed by atoms with E-state index in [4.69, 9.17) is 0 Å². The summed E-state index contributed by atoms with van der Waals surface area (Å²) in [6, 6.07) is 8.02. The van der Waals surface area contributed by atoms with E-state index in [-0.39, 0.29) is 18.1 Å². The molecule has 1 aromatic heterocycles. The number of hydrogen-bond donors (Lipinski definition) is 2. The molecule has 1 aromatic carbocycles. The third-order valence-electron chi connectivity index (χ3n) is 4.30. The molecule has 4 nitrogen and oxygen atoms in total. The van der Waals surface area contributed by atoms with E-state index in [1.54, 1.807) is 29.1 Å². The summed E-state index contributed by atoms with van der Waals surface area (Å²) in [5.41, 5.74) is 0.0227. The van der Waals surface area contributed by atoms with E-state index in [9.17, 15) is 14.3 Å². The van der Waals surface area contributed by atoms with Crippen LogP contribution in [0.15, 0.2) is 42.7 Å². The lowest BCUT2D eigenvalue weighted by Gasteiger charge is -2.28. The van der Waals surface area contributed by atoms with Gasteiger partial charge < -0.3 is 15.0 Å². The van der Waals surface area contributed by atoms with Gasteiger partial charge in [0.15, 0.2) is 0 Å². The van der Waals surface area contributed by atoms with Gasteiger partial charge in [0.2, 0.25) is 0 Å². The Morgan fingerprint density at radius 2 is 2.09 bits per heavy atom. The number of carbonyl (C=O) groups is 1. The summed E-state index contributed by atoms with van der Waals surface area (Å²) in [7, 11) is 0. The van der Waals surface area contributed by atoms with Crippen LogP contribution in [-0.2, 0) is 0 Å². The van der Waals surface area contributed by atoms with Gasteiger partial charge in [0, 0.05) is 18.0 Å². The average molecular weight is 302 g/mol. The Morgan fingerprint density at radius 3 is 2.64 bits per heavy atom. The number of nitrogens with one attached hydrogen (secondary N) is 1. The van der Waals surface area contributed by atoms with Crippen molar-refractivity contribution in [3.05, 3.63) is 54.1 Å². The molecule has 0 aliphatic heterocycles. The van der Waals surface area contributed by atoms with Crippen molar-refractivity contribution >= 4 is 5.91 Å². The van der Waals surface area contributed by atoms with Crippen LogP contribution in [0, 0.1) is 11.7 Å². The van der Waals surface area contributed by atoms with Gasteiger partial charge in [-0.3, -0.25) is 4.79 Å². The van der Waals surface area contributed by atoms with Crippen LogP contribution in [0.5, 0.6) is 0 Å². The zero-order valence-electron chi connectivity index (χ0n) is 12.4. The molecule has 0 saturated heterocycles. The summed E-state index contributed by atoms with van der Waals surface area (Å²) in [5, 5.41) is 12.4. The van der Waals surface area contributed by atoms with Gasteiger partial charge >= 0.3 is 0 Å². The molecule has 1 aliphatic carbocycles. The quantitative estimate of drug-likeness (QED) is 0.891. The number of nitrogens with zero attached hydrogens (tertiary/aromatic N) is 1. The normalized spacial score (nSPS) is 17.0. The van der Waals surface area contributed by atoms with E-state index in [0.29, 0.717) is 11.6 Å². The standard InChI is InChI=1S/C17H19FN2O2/c1-17(11-21,13-5-6-13)19-16(22)12-4-7-15(14(18)10-12)20-8-2-3-9-20/h2-4,7-10,13,21H,5-6,11H2,1H3,(H,19,22). The number of halogens is 1. The van der Waals surface area contributed by atoms with E-state index in [0.717, 1.165) is 12.8 Å². The number of aliphatic hydroxyl groups excluding tert-OH is 1. The largest absolute Gasteiger partial charge is 0.394 e. The highest BCUT2D eigenvalue weighted by Gasteiger charge is 2.42. The molecule has 1 unspecified atom stereocenters. The highest BCUT2D eigenvalue weighted by molar-refractivity contribution is 5.95. The van der Waals surface area contributed by atoms with Crippen molar-refractivity contribution < 1.29 is 14.3 Å². The van der Waals surface area contributed by atoms with Crippen LogP contribution in [0.1, 0.15) is 30.1 Å². The van der Waals surface area contributed by atoms with Crippen molar-refractivity contribution in [3.8, 4) is 5.69 Å². The molecule has 2 aromatic rings. The van der Waals surface area contributed by atoms with Gasteiger partial charge in [-0.15, -0.1) is 0 Å². The zero-order valence-corrected chi connectivity index (χ0v) is 12.4. The fourth-order valence-corrected chi connectivity index (χ4v) is 2.68. The van der Waals surface area contributed by atoms with Crippen LogP contribution >= 0.6 is 0 Å². The molecule has 0 spiro atoms. The third-order valence-corrected chi connectivity index (χ3v) is 4.30. The van der Waals surface area contributed by atoms with Crippen LogP contribution < -0.4 is 5.32 Å². The van der Waals surface area contributed by atoms with Gasteiger partial charge in [-0.05, 0) is 56.0 Å². The van der Waals surface area contributed by atoms with Crippen LogP contribution in [0.4, 0.5) is 4.39 Å². The van der Waals surface area contributed by atoms with Gasteiger partial charge in [-0.1, -0.05) is 0 Å². The topological polar surface area (TPSA) is 54.3 Å². The molecule has 5 heteroatoms. The molecule has 1 amide bonds. The Labute approximate surface area is 128 Å². The van der Waals surface area contributed by atoms with Gasteiger partial charge in [0.1, 0.15) is 5.82 Å². The first-order valence-corrected chi connectivity index (χ1v) is 7.40. The maximum atomic E-state index is 14.2. The Hall–Kier alpha value is -2.14. The molecule has 0 bridgehead atoms. The number of aromatic nitrogens is 1. The number of hydrogen-bond acceptors (Lipinski definition) is 2. The number of carbonyl (C=O) groups excluding carboxylic acids is 1. The molecular weight excluding hydrogens is 283 g/mol. The van der Waals surface area contributed by atoms with Gasteiger partial charge in [0.25, 0.3) is 5.91 Å². The molecule has 1 atom stereocenters. The first kappa shape index (κ1) is 14.8. The maximum Gasteiger partial charge on any atom is 0.251 e. The summed E-state index contributed by atoms with van der Waals surface area (Å²) in [5.74, 6) is -0.521. The lowest BCUT2D eigenvalue weighted by atomic mass is 9.96. The highest BCUT2D eigenvalue weighted by atomic mass is 19.1. The van der Waals surface area contributed by atoms with E-state index in [1.165, 1.54) is 6.07 Å². The van der Waals surface area contributed by atoms with E-state index in [2.05, 4.69) is 5.32 Å². The third kappa shape index (κ3) is 2.76. The highest BCUT2D eigenvalue weighted by Crippen LogP contribution is 2.39. The SMILES string of the molecule is CC(CO)(NC(=O)c1ccc(-n2cccc2)c(F)c1)C1CC1. The fourth-order valence-electron chi connectivity index (χ4n) is 2.68. The van der Waals surface area contributed by atoms with E-state index < -0.39 is 11.4 Å². The van der Waals surface area contributed by atoms with E-state index >= 15 is 0 Å². The summed E-state index contributed by atoms with van der Waals surface area (Å²) < 4.78 is 15.9. The van der Waals surface area contributed by atoms with Crippen molar-refractivity contribution in [1.29, 1.82) is 0 Å². The minimum atomic E-state index is -0.632. The Kier molecular flexibility index (Phi) is 3.74. The average Bonchev–Trinajstić information content (AvgIpc) is 3.24. The molecule has 1 saturated carbocycles. The Balaban J connectivity index is 1.80. The second-order valence-corrected chi connectivity index (χ2v) is 6.06. The Morgan fingerprint density at radius 1 is 1.41 bits per heavy atom. The predicted molar refractivity (Wildman–Crippen MR) is 81.4 cm³/mol. The van der Waals surface area contributed by atoms with Crippen molar-refractivity contribution in [1.82, 2.24) is 9.88 Å². The molecule has 0 radical (unpaired) electrons. The molecular formula is C17H19FN2O2. The molecule has 1 heterocycles. The molecule has 116 valence electrons. The van der Waals surface area contributed by atoms with Crippen LogP contribution in [-0.4, -0.2) is 27.7 Å². The predicted octanol–water partition coefficient (Wildman–Crippen LogP) is 2.51.